The van der Waals surface area contributed by atoms with Gasteiger partial charge < -0.3 is 5.73 Å². The molecule has 1 amide bonds. The second-order valence-electron chi connectivity index (χ2n) is 4.45. The van der Waals surface area contributed by atoms with Gasteiger partial charge in [-0.2, -0.15) is 0 Å². The van der Waals surface area contributed by atoms with E-state index in [1.807, 2.05) is 48.5 Å². The molecule has 0 spiro atoms. The number of halogens is 1. The summed E-state index contributed by atoms with van der Waals surface area (Å²) in [5, 5.41) is 0.982. The maximum absolute atomic E-state index is 11.4. The third kappa shape index (κ3) is 2.30. The zero-order valence-corrected chi connectivity index (χ0v) is 12.1. The van der Waals surface area contributed by atoms with E-state index in [2.05, 4.69) is 20.9 Å². The fraction of sp³-hybridized carbons (Fsp3) is 0. The molecule has 2 N–H and O–H groups in total. The number of amides is 1. The van der Waals surface area contributed by atoms with Crippen LogP contribution in [-0.4, -0.2) is 10.9 Å². The Hall–Kier alpha value is -2.20. The van der Waals surface area contributed by atoms with Crippen molar-refractivity contribution in [1.82, 2.24) is 4.98 Å². The van der Waals surface area contributed by atoms with E-state index in [1.54, 1.807) is 6.07 Å². The standard InChI is InChI=1S/C16H11BrN2O/c17-11-6-7-14-13(8-11)12(9-15(19-14)16(18)20)10-4-2-1-3-5-10/h1-9H,(H2,18,20). The van der Waals surface area contributed by atoms with Crippen LogP contribution in [0.25, 0.3) is 22.0 Å². The molecular weight excluding hydrogens is 316 g/mol. The number of nitrogens with zero attached hydrogens (tertiary/aromatic N) is 1. The second-order valence-corrected chi connectivity index (χ2v) is 5.36. The van der Waals surface area contributed by atoms with Crippen molar-refractivity contribution in [2.75, 3.05) is 0 Å². The number of nitrogens with two attached hydrogens (primary N) is 1. The number of hydrogen-bond donors (Lipinski definition) is 1. The van der Waals surface area contributed by atoms with Crippen LogP contribution in [0.4, 0.5) is 0 Å². The summed E-state index contributed by atoms with van der Waals surface area (Å²) in [6.45, 7) is 0. The molecule has 0 aliphatic carbocycles. The number of pyridine rings is 1. The lowest BCUT2D eigenvalue weighted by molar-refractivity contribution is 0.0996. The molecule has 3 aromatic rings. The van der Waals surface area contributed by atoms with Crippen LogP contribution < -0.4 is 5.73 Å². The van der Waals surface area contributed by atoms with E-state index in [0.717, 1.165) is 26.5 Å². The Bertz CT molecular complexity index is 800. The molecule has 0 radical (unpaired) electrons. The smallest absolute Gasteiger partial charge is 0.267 e. The van der Waals surface area contributed by atoms with Crippen molar-refractivity contribution in [2.24, 2.45) is 5.73 Å². The van der Waals surface area contributed by atoms with Gasteiger partial charge in [-0.15, -0.1) is 0 Å². The molecule has 0 bridgehead atoms. The van der Waals surface area contributed by atoms with Gasteiger partial charge >= 0.3 is 0 Å². The highest BCUT2D eigenvalue weighted by Crippen LogP contribution is 2.30. The molecule has 0 aliphatic rings. The number of hydrogen-bond acceptors (Lipinski definition) is 2. The summed E-state index contributed by atoms with van der Waals surface area (Å²) in [5.74, 6) is -0.521. The van der Waals surface area contributed by atoms with Crippen molar-refractivity contribution in [2.45, 2.75) is 0 Å². The Morgan fingerprint density at radius 3 is 2.50 bits per heavy atom. The van der Waals surface area contributed by atoms with Gasteiger partial charge in [-0.1, -0.05) is 46.3 Å². The fourth-order valence-corrected chi connectivity index (χ4v) is 2.54. The molecule has 4 heteroatoms. The number of aromatic nitrogens is 1. The first kappa shape index (κ1) is 12.8. The van der Waals surface area contributed by atoms with Gasteiger partial charge in [0.1, 0.15) is 5.69 Å². The summed E-state index contributed by atoms with van der Waals surface area (Å²) in [6.07, 6.45) is 0. The van der Waals surface area contributed by atoms with Crippen molar-refractivity contribution >= 4 is 32.7 Å². The Kier molecular flexibility index (Phi) is 3.24. The molecule has 3 nitrogen and oxygen atoms in total. The molecule has 98 valence electrons. The topological polar surface area (TPSA) is 56.0 Å². The summed E-state index contributed by atoms with van der Waals surface area (Å²) >= 11 is 3.47. The van der Waals surface area contributed by atoms with Crippen LogP contribution in [-0.2, 0) is 0 Å². The Morgan fingerprint density at radius 2 is 1.80 bits per heavy atom. The molecule has 20 heavy (non-hydrogen) atoms. The zero-order chi connectivity index (χ0) is 14.1. The van der Waals surface area contributed by atoms with Gasteiger partial charge in [0.25, 0.3) is 5.91 Å². The van der Waals surface area contributed by atoms with Crippen LogP contribution in [0, 0.1) is 0 Å². The zero-order valence-electron chi connectivity index (χ0n) is 10.5. The Morgan fingerprint density at radius 1 is 1.05 bits per heavy atom. The minimum Gasteiger partial charge on any atom is -0.364 e. The monoisotopic (exact) mass is 326 g/mol. The van der Waals surface area contributed by atoms with Gasteiger partial charge in [-0.25, -0.2) is 4.98 Å². The molecule has 0 saturated heterocycles. The van der Waals surface area contributed by atoms with Crippen molar-refractivity contribution in [3.05, 3.63) is 64.8 Å². The lowest BCUT2D eigenvalue weighted by Gasteiger charge is -2.09. The normalized spacial score (nSPS) is 10.7. The van der Waals surface area contributed by atoms with E-state index in [0.29, 0.717) is 0 Å². The van der Waals surface area contributed by atoms with E-state index in [4.69, 9.17) is 5.73 Å². The predicted molar refractivity (Wildman–Crippen MR) is 83.4 cm³/mol. The summed E-state index contributed by atoms with van der Waals surface area (Å²) in [5.41, 5.74) is 8.38. The molecular formula is C16H11BrN2O. The van der Waals surface area contributed by atoms with Gasteiger partial charge in [0.2, 0.25) is 0 Å². The second kappa shape index (κ2) is 5.06. The predicted octanol–water partition coefficient (Wildman–Crippen LogP) is 3.76. The Balaban J connectivity index is 2.38. The molecule has 3 rings (SSSR count). The molecule has 1 aromatic heterocycles. The highest BCUT2D eigenvalue weighted by molar-refractivity contribution is 9.10. The number of carbonyl (C=O) groups excluding carboxylic acids is 1. The van der Waals surface area contributed by atoms with E-state index < -0.39 is 5.91 Å². The van der Waals surface area contributed by atoms with Crippen LogP contribution >= 0.6 is 15.9 Å². The van der Waals surface area contributed by atoms with E-state index >= 15 is 0 Å². The number of fused-ring (bicyclic) bond motifs is 1. The maximum atomic E-state index is 11.4. The highest BCUT2D eigenvalue weighted by Gasteiger charge is 2.11. The van der Waals surface area contributed by atoms with Crippen LogP contribution in [0.2, 0.25) is 0 Å². The van der Waals surface area contributed by atoms with Crippen molar-refractivity contribution < 1.29 is 4.79 Å². The van der Waals surface area contributed by atoms with Crippen molar-refractivity contribution in [3.8, 4) is 11.1 Å². The first-order valence-electron chi connectivity index (χ1n) is 6.11. The molecule has 0 saturated carbocycles. The summed E-state index contributed by atoms with van der Waals surface area (Å²) in [4.78, 5) is 15.8. The molecule has 0 aliphatic heterocycles. The van der Waals surface area contributed by atoms with Crippen LogP contribution in [0.15, 0.2) is 59.1 Å². The number of carbonyl (C=O) groups is 1. The van der Waals surface area contributed by atoms with Crippen LogP contribution in [0.1, 0.15) is 10.5 Å². The SMILES string of the molecule is NC(=O)c1cc(-c2ccccc2)c2cc(Br)ccc2n1. The maximum Gasteiger partial charge on any atom is 0.267 e. The minimum atomic E-state index is -0.521. The van der Waals surface area contributed by atoms with Gasteiger partial charge in [0.15, 0.2) is 0 Å². The quantitative estimate of drug-likeness (QED) is 0.779. The van der Waals surface area contributed by atoms with Gasteiger partial charge in [-0.05, 0) is 35.4 Å². The number of benzene rings is 2. The van der Waals surface area contributed by atoms with Crippen molar-refractivity contribution in [3.63, 3.8) is 0 Å². The lowest BCUT2D eigenvalue weighted by atomic mass is 10.00. The number of primary amides is 1. The molecule has 1 heterocycles. The number of rotatable bonds is 2. The fourth-order valence-electron chi connectivity index (χ4n) is 2.18. The molecule has 0 unspecified atom stereocenters. The van der Waals surface area contributed by atoms with E-state index in [-0.39, 0.29) is 5.69 Å². The van der Waals surface area contributed by atoms with Crippen molar-refractivity contribution in [1.29, 1.82) is 0 Å². The third-order valence-corrected chi connectivity index (χ3v) is 3.60. The molecule has 0 atom stereocenters. The van der Waals surface area contributed by atoms with Gasteiger partial charge in [0.05, 0.1) is 5.52 Å². The Labute approximate surface area is 124 Å². The first-order valence-corrected chi connectivity index (χ1v) is 6.90. The molecule has 2 aromatic carbocycles. The van der Waals surface area contributed by atoms with Gasteiger partial charge in [-0.3, -0.25) is 4.79 Å². The molecule has 0 fully saturated rings. The summed E-state index contributed by atoms with van der Waals surface area (Å²) in [7, 11) is 0. The summed E-state index contributed by atoms with van der Waals surface area (Å²) in [6, 6.07) is 17.4. The third-order valence-electron chi connectivity index (χ3n) is 3.11. The average Bonchev–Trinajstić information content (AvgIpc) is 2.47. The van der Waals surface area contributed by atoms with Crippen LogP contribution in [0.5, 0.6) is 0 Å². The van der Waals surface area contributed by atoms with Gasteiger partial charge in [0, 0.05) is 9.86 Å². The van der Waals surface area contributed by atoms with E-state index in [9.17, 15) is 4.79 Å². The van der Waals surface area contributed by atoms with E-state index in [1.165, 1.54) is 0 Å². The first-order chi connectivity index (χ1) is 9.65. The van der Waals surface area contributed by atoms with Crippen LogP contribution in [0.3, 0.4) is 0 Å². The summed E-state index contributed by atoms with van der Waals surface area (Å²) < 4.78 is 0.968. The highest BCUT2D eigenvalue weighted by atomic mass is 79.9. The lowest BCUT2D eigenvalue weighted by Crippen LogP contribution is -2.13. The average molecular weight is 327 g/mol. The minimum absolute atomic E-state index is 0.277. The largest absolute Gasteiger partial charge is 0.364 e.